The van der Waals surface area contributed by atoms with Crippen LogP contribution in [-0.2, 0) is 11.3 Å². The number of rotatable bonds is 6. The number of likely N-dealkylation sites (tertiary alicyclic amines) is 1. The van der Waals surface area contributed by atoms with E-state index >= 15 is 0 Å². The molecule has 3 unspecified atom stereocenters. The number of hydrogen-bond donors (Lipinski definition) is 1. The Hall–Kier alpha value is -2.76. The zero-order valence-electron chi connectivity index (χ0n) is 18.1. The van der Waals surface area contributed by atoms with Crippen molar-refractivity contribution >= 4 is 17.6 Å². The molecule has 3 atom stereocenters. The van der Waals surface area contributed by atoms with E-state index in [0.29, 0.717) is 37.5 Å². The second-order valence-corrected chi connectivity index (χ2v) is 9.40. The highest BCUT2D eigenvalue weighted by Gasteiger charge is 2.39. The summed E-state index contributed by atoms with van der Waals surface area (Å²) in [6, 6.07) is 13.8. The van der Waals surface area contributed by atoms with Crippen LogP contribution >= 0.6 is 0 Å². The first-order valence-corrected chi connectivity index (χ1v) is 11.6. The van der Waals surface area contributed by atoms with Crippen LogP contribution in [-0.4, -0.2) is 40.9 Å². The Morgan fingerprint density at radius 3 is 2.61 bits per heavy atom. The minimum atomic E-state index is -0.145. The van der Waals surface area contributed by atoms with Gasteiger partial charge in [0.25, 0.3) is 0 Å². The van der Waals surface area contributed by atoms with Gasteiger partial charge < -0.3 is 19.5 Å². The summed E-state index contributed by atoms with van der Waals surface area (Å²) in [4.78, 5) is 29.9. The van der Waals surface area contributed by atoms with Crippen LogP contribution in [0.5, 0.6) is 0 Å². The molecule has 1 aliphatic heterocycles. The summed E-state index contributed by atoms with van der Waals surface area (Å²) >= 11 is 0. The van der Waals surface area contributed by atoms with Gasteiger partial charge in [-0.2, -0.15) is 0 Å². The van der Waals surface area contributed by atoms with Crippen LogP contribution in [0.1, 0.15) is 56.5 Å². The maximum atomic E-state index is 13.4. The van der Waals surface area contributed by atoms with Gasteiger partial charge in [-0.3, -0.25) is 4.79 Å². The standard InChI is InChI=1S/C25H31N3O3/c1-17-14-22(17)23-12-11-21(31-23)16-28(20-9-10-20)24(29)18-6-5-13-27(15-18)25(30)26-19-7-3-2-4-8-19/h2-4,7-8,11-12,17-18,20,22H,5-6,9-10,13-16H2,1H3,(H,26,30). The number of furan rings is 1. The molecule has 5 rings (SSSR count). The van der Waals surface area contributed by atoms with E-state index in [9.17, 15) is 9.59 Å². The molecule has 0 radical (unpaired) electrons. The van der Waals surface area contributed by atoms with Crippen LogP contribution < -0.4 is 5.32 Å². The van der Waals surface area contributed by atoms with Crippen molar-refractivity contribution in [1.82, 2.24) is 9.80 Å². The van der Waals surface area contributed by atoms with E-state index in [0.717, 1.165) is 42.9 Å². The molecule has 2 aromatic rings. The van der Waals surface area contributed by atoms with Gasteiger partial charge in [0.2, 0.25) is 5.91 Å². The Balaban J connectivity index is 1.22. The fourth-order valence-electron chi connectivity index (χ4n) is 4.66. The molecule has 1 saturated heterocycles. The minimum Gasteiger partial charge on any atom is -0.464 e. The number of urea groups is 1. The molecule has 6 heteroatoms. The van der Waals surface area contributed by atoms with E-state index in [2.05, 4.69) is 18.3 Å². The van der Waals surface area contributed by atoms with Crippen LogP contribution in [0.3, 0.4) is 0 Å². The fraction of sp³-hybridized carbons (Fsp3) is 0.520. The van der Waals surface area contributed by atoms with Crippen molar-refractivity contribution in [2.75, 3.05) is 18.4 Å². The van der Waals surface area contributed by atoms with Crippen LogP contribution in [0.4, 0.5) is 10.5 Å². The molecule has 2 saturated carbocycles. The summed E-state index contributed by atoms with van der Waals surface area (Å²) in [7, 11) is 0. The number of benzene rings is 1. The molecule has 1 N–H and O–H groups in total. The third-order valence-electron chi connectivity index (χ3n) is 6.84. The number of piperidine rings is 1. The minimum absolute atomic E-state index is 0.129. The Kier molecular flexibility index (Phi) is 5.47. The van der Waals surface area contributed by atoms with Gasteiger partial charge >= 0.3 is 6.03 Å². The Morgan fingerprint density at radius 1 is 1.13 bits per heavy atom. The van der Waals surface area contributed by atoms with E-state index in [1.54, 1.807) is 4.90 Å². The van der Waals surface area contributed by atoms with Gasteiger partial charge in [0.15, 0.2) is 0 Å². The molecule has 164 valence electrons. The molecule has 3 amide bonds. The van der Waals surface area contributed by atoms with Gasteiger partial charge in [-0.15, -0.1) is 0 Å². The van der Waals surface area contributed by atoms with E-state index in [-0.39, 0.29) is 17.9 Å². The van der Waals surface area contributed by atoms with Crippen LogP contribution in [0, 0.1) is 11.8 Å². The first kappa shape index (κ1) is 20.2. The molecule has 2 aliphatic carbocycles. The SMILES string of the molecule is CC1CC1c1ccc(CN(C(=O)C2CCCN(C(=O)Nc3ccccc3)C2)C2CC2)o1. The number of carbonyl (C=O) groups is 2. The maximum absolute atomic E-state index is 13.4. The lowest BCUT2D eigenvalue weighted by atomic mass is 9.96. The highest BCUT2D eigenvalue weighted by atomic mass is 16.3. The first-order valence-electron chi connectivity index (χ1n) is 11.6. The van der Waals surface area contributed by atoms with Crippen molar-refractivity contribution in [2.24, 2.45) is 11.8 Å². The van der Waals surface area contributed by atoms with Gasteiger partial charge in [-0.1, -0.05) is 25.1 Å². The van der Waals surface area contributed by atoms with Gasteiger partial charge in [-0.25, -0.2) is 4.79 Å². The average Bonchev–Trinajstić information content (AvgIpc) is 3.72. The Morgan fingerprint density at radius 2 is 1.90 bits per heavy atom. The molecule has 1 aromatic heterocycles. The van der Waals surface area contributed by atoms with Crippen molar-refractivity contribution < 1.29 is 14.0 Å². The zero-order valence-corrected chi connectivity index (χ0v) is 18.1. The highest BCUT2D eigenvalue weighted by Crippen LogP contribution is 2.47. The second-order valence-electron chi connectivity index (χ2n) is 9.40. The monoisotopic (exact) mass is 421 g/mol. The number of carbonyl (C=O) groups excluding carboxylic acids is 2. The second kappa shape index (κ2) is 8.40. The van der Waals surface area contributed by atoms with E-state index < -0.39 is 0 Å². The molecular weight excluding hydrogens is 390 g/mol. The Bertz CT molecular complexity index is 936. The number of nitrogens with one attached hydrogen (secondary N) is 1. The average molecular weight is 422 g/mol. The molecule has 3 aliphatic rings. The number of para-hydroxylation sites is 1. The van der Waals surface area contributed by atoms with Crippen molar-refractivity contribution in [1.29, 1.82) is 0 Å². The van der Waals surface area contributed by atoms with Gasteiger partial charge in [0, 0.05) is 30.7 Å². The predicted octanol–water partition coefficient (Wildman–Crippen LogP) is 4.84. The van der Waals surface area contributed by atoms with E-state index in [1.807, 2.05) is 41.3 Å². The topological polar surface area (TPSA) is 65.8 Å². The Labute approximate surface area is 183 Å². The van der Waals surface area contributed by atoms with Crippen molar-refractivity contribution in [2.45, 2.75) is 57.5 Å². The third-order valence-corrected chi connectivity index (χ3v) is 6.84. The van der Waals surface area contributed by atoms with E-state index in [1.165, 1.54) is 6.42 Å². The molecule has 1 aromatic carbocycles. The molecule has 0 spiro atoms. The largest absolute Gasteiger partial charge is 0.464 e. The van der Waals surface area contributed by atoms with Gasteiger partial charge in [0.05, 0.1) is 12.5 Å². The molecular formula is C25H31N3O3. The maximum Gasteiger partial charge on any atom is 0.321 e. The summed E-state index contributed by atoms with van der Waals surface area (Å²) < 4.78 is 6.08. The quantitative estimate of drug-likeness (QED) is 0.726. The molecule has 2 heterocycles. The van der Waals surface area contributed by atoms with Gasteiger partial charge in [-0.05, 0) is 62.3 Å². The summed E-state index contributed by atoms with van der Waals surface area (Å²) in [6.07, 6.45) is 5.00. The third kappa shape index (κ3) is 4.63. The zero-order chi connectivity index (χ0) is 21.4. The fourth-order valence-corrected chi connectivity index (χ4v) is 4.66. The van der Waals surface area contributed by atoms with Crippen molar-refractivity contribution in [3.05, 3.63) is 54.0 Å². The first-order chi connectivity index (χ1) is 15.1. The number of nitrogens with zero attached hydrogens (tertiary/aromatic N) is 2. The molecule has 31 heavy (non-hydrogen) atoms. The number of hydrogen-bond acceptors (Lipinski definition) is 3. The smallest absolute Gasteiger partial charge is 0.321 e. The normalized spacial score (nSPS) is 25.2. The van der Waals surface area contributed by atoms with Crippen molar-refractivity contribution in [3.8, 4) is 0 Å². The lowest BCUT2D eigenvalue weighted by molar-refractivity contribution is -0.138. The van der Waals surface area contributed by atoms with Crippen LogP contribution in [0.15, 0.2) is 46.9 Å². The highest BCUT2D eigenvalue weighted by molar-refractivity contribution is 5.90. The lowest BCUT2D eigenvalue weighted by Crippen LogP contribution is -2.48. The van der Waals surface area contributed by atoms with Gasteiger partial charge in [0.1, 0.15) is 11.5 Å². The summed E-state index contributed by atoms with van der Waals surface area (Å²) in [6.45, 7) is 3.95. The van der Waals surface area contributed by atoms with Crippen LogP contribution in [0.25, 0.3) is 0 Å². The number of amides is 3. The van der Waals surface area contributed by atoms with Crippen LogP contribution in [0.2, 0.25) is 0 Å². The molecule has 3 fully saturated rings. The lowest BCUT2D eigenvalue weighted by Gasteiger charge is -2.35. The number of anilines is 1. The molecule has 0 bridgehead atoms. The van der Waals surface area contributed by atoms with Crippen molar-refractivity contribution in [3.63, 3.8) is 0 Å². The summed E-state index contributed by atoms with van der Waals surface area (Å²) in [5.41, 5.74) is 0.777. The summed E-state index contributed by atoms with van der Waals surface area (Å²) in [5, 5.41) is 2.95. The summed E-state index contributed by atoms with van der Waals surface area (Å²) in [5.74, 6) is 3.21. The molecule has 6 nitrogen and oxygen atoms in total. The predicted molar refractivity (Wildman–Crippen MR) is 119 cm³/mol. The van der Waals surface area contributed by atoms with E-state index in [4.69, 9.17) is 4.42 Å².